The molecule has 1 aliphatic heterocycles. The normalized spacial score (nSPS) is 12.9. The van der Waals surface area contributed by atoms with Gasteiger partial charge in [-0.3, -0.25) is 4.79 Å². The van der Waals surface area contributed by atoms with Gasteiger partial charge in [0, 0.05) is 35.8 Å². The highest BCUT2D eigenvalue weighted by Gasteiger charge is 2.25. The zero-order valence-corrected chi connectivity index (χ0v) is 12.7. The molecule has 3 heterocycles. The van der Waals surface area contributed by atoms with Gasteiger partial charge in [-0.05, 0) is 18.6 Å². The molecule has 0 atom stereocenters. The second-order valence-corrected chi connectivity index (χ2v) is 5.63. The van der Waals surface area contributed by atoms with Gasteiger partial charge in [-0.15, -0.1) is 0 Å². The third-order valence-corrected chi connectivity index (χ3v) is 4.18. The Balaban J connectivity index is 1.88. The quantitative estimate of drug-likeness (QED) is 0.787. The average Bonchev–Trinajstić information content (AvgIpc) is 2.91. The number of aromatic carboxylic acids is 1. The Hall–Kier alpha value is -3.16. The number of furan rings is 1. The summed E-state index contributed by atoms with van der Waals surface area (Å²) in [5, 5.41) is 9.82. The van der Waals surface area contributed by atoms with Crippen LogP contribution in [0.1, 0.15) is 15.9 Å². The Morgan fingerprint density at radius 1 is 1.32 bits per heavy atom. The molecule has 1 aromatic carbocycles. The van der Waals surface area contributed by atoms with E-state index in [4.69, 9.17) is 9.52 Å². The number of halogens is 2. The van der Waals surface area contributed by atoms with E-state index in [0.717, 1.165) is 10.9 Å². The maximum absolute atomic E-state index is 12.4. The molecule has 0 radical (unpaired) electrons. The van der Waals surface area contributed by atoms with Crippen LogP contribution in [0.3, 0.4) is 0 Å². The lowest BCUT2D eigenvalue weighted by atomic mass is 10.0. The van der Waals surface area contributed by atoms with Crippen molar-refractivity contribution in [2.24, 2.45) is 0 Å². The van der Waals surface area contributed by atoms with Crippen molar-refractivity contribution in [1.82, 2.24) is 4.57 Å². The zero-order chi connectivity index (χ0) is 17.7. The number of hydrogen-bond donors (Lipinski definition) is 1. The van der Waals surface area contributed by atoms with Crippen molar-refractivity contribution in [3.8, 4) is 17.2 Å². The highest BCUT2D eigenvalue weighted by atomic mass is 19.3. The molecule has 6 nitrogen and oxygen atoms in total. The molecule has 1 N–H and O–H groups in total. The third kappa shape index (κ3) is 2.46. The minimum absolute atomic E-state index is 0.0211. The van der Waals surface area contributed by atoms with E-state index in [1.54, 1.807) is 10.6 Å². The Morgan fingerprint density at radius 3 is 2.84 bits per heavy atom. The summed E-state index contributed by atoms with van der Waals surface area (Å²) in [6, 6.07) is 5.66. The summed E-state index contributed by atoms with van der Waals surface area (Å²) in [7, 11) is 0. The van der Waals surface area contributed by atoms with Crippen molar-refractivity contribution < 1.29 is 27.8 Å². The van der Waals surface area contributed by atoms with Crippen LogP contribution >= 0.6 is 0 Å². The Labute approximate surface area is 138 Å². The molecule has 0 fully saturated rings. The molecule has 25 heavy (non-hydrogen) atoms. The standard InChI is InChI=1S/C17H11F2NO5/c18-17(19)24-8-1-2-9-10-3-4-20-7-11(16(22)23)13(21)6-12(20)15(10)25-14(9)5-8/h1-2,5-7,17H,3-4H2,(H,22,23). The number of aromatic nitrogens is 1. The monoisotopic (exact) mass is 347 g/mol. The van der Waals surface area contributed by atoms with Gasteiger partial charge in [0.1, 0.15) is 16.9 Å². The molecule has 3 aromatic rings. The van der Waals surface area contributed by atoms with Crippen LogP contribution in [0.25, 0.3) is 22.4 Å². The fourth-order valence-electron chi connectivity index (χ4n) is 3.11. The minimum atomic E-state index is -2.93. The number of pyridine rings is 1. The summed E-state index contributed by atoms with van der Waals surface area (Å²) >= 11 is 0. The lowest BCUT2D eigenvalue weighted by molar-refractivity contribution is -0.0497. The molecule has 0 saturated carbocycles. The molecule has 0 bridgehead atoms. The van der Waals surface area contributed by atoms with Gasteiger partial charge in [0.2, 0.25) is 0 Å². The first kappa shape index (κ1) is 15.4. The van der Waals surface area contributed by atoms with Gasteiger partial charge in [-0.1, -0.05) is 0 Å². The molecule has 1 aliphatic rings. The van der Waals surface area contributed by atoms with E-state index in [-0.39, 0.29) is 11.3 Å². The number of aryl methyl sites for hydroxylation is 2. The van der Waals surface area contributed by atoms with E-state index >= 15 is 0 Å². The first-order valence-electron chi connectivity index (χ1n) is 7.42. The molecule has 8 heteroatoms. The van der Waals surface area contributed by atoms with Crippen LogP contribution in [0.4, 0.5) is 8.78 Å². The Morgan fingerprint density at radius 2 is 2.12 bits per heavy atom. The third-order valence-electron chi connectivity index (χ3n) is 4.18. The van der Waals surface area contributed by atoms with Gasteiger partial charge in [0.15, 0.2) is 11.2 Å². The van der Waals surface area contributed by atoms with Crippen LogP contribution in [0.5, 0.6) is 5.75 Å². The highest BCUT2D eigenvalue weighted by molar-refractivity contribution is 5.90. The van der Waals surface area contributed by atoms with Crippen LogP contribution < -0.4 is 10.2 Å². The van der Waals surface area contributed by atoms with Crippen molar-refractivity contribution >= 4 is 16.9 Å². The van der Waals surface area contributed by atoms with Crippen molar-refractivity contribution in [3.05, 3.63) is 51.8 Å². The molecule has 2 aromatic heterocycles. The first-order valence-corrected chi connectivity index (χ1v) is 7.42. The van der Waals surface area contributed by atoms with Gasteiger partial charge >= 0.3 is 12.6 Å². The number of benzene rings is 1. The second-order valence-electron chi connectivity index (χ2n) is 5.63. The van der Waals surface area contributed by atoms with E-state index in [2.05, 4.69) is 4.74 Å². The maximum atomic E-state index is 12.4. The SMILES string of the molecule is O=C(O)c1cn2c(cc1=O)-c1oc3cc(OC(F)F)ccc3c1CC2. The van der Waals surface area contributed by atoms with Crippen LogP contribution in [0.15, 0.2) is 39.7 Å². The molecule has 0 spiro atoms. The summed E-state index contributed by atoms with van der Waals surface area (Å²) in [5.74, 6) is -0.874. The summed E-state index contributed by atoms with van der Waals surface area (Å²) < 4.78 is 36.5. The topological polar surface area (TPSA) is 81.7 Å². The predicted molar refractivity (Wildman–Crippen MR) is 83.2 cm³/mol. The van der Waals surface area contributed by atoms with Gasteiger partial charge in [-0.2, -0.15) is 8.78 Å². The molecule has 0 saturated heterocycles. The summed E-state index contributed by atoms with van der Waals surface area (Å²) in [6.45, 7) is -2.46. The largest absolute Gasteiger partial charge is 0.477 e. The smallest absolute Gasteiger partial charge is 0.387 e. The predicted octanol–water partition coefficient (Wildman–Crippen LogP) is 3.12. The van der Waals surface area contributed by atoms with E-state index in [1.165, 1.54) is 24.4 Å². The molecule has 128 valence electrons. The second kappa shape index (κ2) is 5.44. The maximum Gasteiger partial charge on any atom is 0.387 e. The number of nitrogens with zero attached hydrogens (tertiary/aromatic N) is 1. The summed E-state index contributed by atoms with van der Waals surface area (Å²) in [4.78, 5) is 23.1. The van der Waals surface area contributed by atoms with Crippen LogP contribution in [0, 0.1) is 0 Å². The molecule has 0 aliphatic carbocycles. The highest BCUT2D eigenvalue weighted by Crippen LogP contribution is 2.38. The molecule has 0 amide bonds. The summed E-state index contributed by atoms with van der Waals surface area (Å²) in [6.07, 6.45) is 1.85. The number of carboxylic acids is 1. The van der Waals surface area contributed by atoms with Crippen LogP contribution in [-0.2, 0) is 13.0 Å². The minimum Gasteiger partial charge on any atom is -0.477 e. The number of carboxylic acid groups (broad SMARTS) is 1. The van der Waals surface area contributed by atoms with Crippen molar-refractivity contribution in [2.45, 2.75) is 19.6 Å². The van der Waals surface area contributed by atoms with E-state index < -0.39 is 18.0 Å². The summed E-state index contributed by atoms with van der Waals surface area (Å²) in [5.41, 5.74) is 0.751. The lowest BCUT2D eigenvalue weighted by Crippen LogP contribution is -2.21. The van der Waals surface area contributed by atoms with Gasteiger partial charge in [0.05, 0.1) is 5.69 Å². The average molecular weight is 347 g/mol. The lowest BCUT2D eigenvalue weighted by Gasteiger charge is -2.18. The Bertz CT molecular complexity index is 1070. The molecular weight excluding hydrogens is 336 g/mol. The molecular formula is C17H11F2NO5. The zero-order valence-electron chi connectivity index (χ0n) is 12.7. The van der Waals surface area contributed by atoms with Gasteiger partial charge in [0.25, 0.3) is 0 Å². The van der Waals surface area contributed by atoms with Crippen molar-refractivity contribution in [1.29, 1.82) is 0 Å². The number of alkyl halides is 2. The fraction of sp³-hybridized carbons (Fsp3) is 0.176. The number of rotatable bonds is 3. The van der Waals surface area contributed by atoms with Crippen molar-refractivity contribution in [3.63, 3.8) is 0 Å². The fourth-order valence-corrected chi connectivity index (χ4v) is 3.11. The van der Waals surface area contributed by atoms with E-state index in [9.17, 15) is 18.4 Å². The van der Waals surface area contributed by atoms with E-state index in [1.807, 2.05) is 0 Å². The first-order chi connectivity index (χ1) is 11.9. The van der Waals surface area contributed by atoms with Gasteiger partial charge in [-0.25, -0.2) is 4.79 Å². The van der Waals surface area contributed by atoms with Crippen LogP contribution in [-0.4, -0.2) is 22.3 Å². The number of ether oxygens (including phenoxy) is 1. The molecule has 4 rings (SSSR count). The van der Waals surface area contributed by atoms with Crippen LogP contribution in [0.2, 0.25) is 0 Å². The van der Waals surface area contributed by atoms with Crippen molar-refractivity contribution in [2.75, 3.05) is 0 Å². The number of fused-ring (bicyclic) bond motifs is 5. The Kier molecular flexibility index (Phi) is 3.34. The number of carbonyl (C=O) groups is 1. The molecule has 0 unspecified atom stereocenters. The number of hydrogen-bond acceptors (Lipinski definition) is 4. The van der Waals surface area contributed by atoms with E-state index in [0.29, 0.717) is 30.0 Å². The van der Waals surface area contributed by atoms with Gasteiger partial charge < -0.3 is 18.8 Å².